The first-order chi connectivity index (χ1) is 13.6. The number of nitrogens with two attached hydrogens (primary N) is 1. The Labute approximate surface area is 169 Å². The van der Waals surface area contributed by atoms with Crippen LogP contribution >= 0.6 is 0 Å². The molecule has 2 N–H and O–H groups in total. The van der Waals surface area contributed by atoms with E-state index < -0.39 is 0 Å². The molecular weight excluding hydrogens is 342 g/mol. The van der Waals surface area contributed by atoms with Gasteiger partial charge in [0.05, 0.1) is 6.08 Å². The van der Waals surface area contributed by atoms with Crippen molar-refractivity contribution in [3.05, 3.63) is 101 Å². The van der Waals surface area contributed by atoms with Crippen molar-refractivity contribution in [1.29, 1.82) is 0 Å². The molecule has 0 aliphatic rings. The molecule has 0 unspecified atom stereocenters. The molecule has 0 saturated heterocycles. The summed E-state index contributed by atoms with van der Waals surface area (Å²) < 4.78 is 0. The maximum Gasteiger partial charge on any atom is 0.251 e. The van der Waals surface area contributed by atoms with Crippen LogP contribution in [0.25, 0.3) is 5.70 Å². The van der Waals surface area contributed by atoms with Gasteiger partial charge in [0.2, 0.25) is 0 Å². The molecule has 0 bridgehead atoms. The molecule has 0 atom stereocenters. The van der Waals surface area contributed by atoms with Crippen LogP contribution in [-0.4, -0.2) is 23.7 Å². The summed E-state index contributed by atoms with van der Waals surface area (Å²) >= 11 is 0. The van der Waals surface area contributed by atoms with E-state index in [-0.39, 0.29) is 0 Å². The van der Waals surface area contributed by atoms with Gasteiger partial charge in [-0.05, 0) is 63.1 Å². The minimum Gasteiger partial charge on any atom is -0.372 e. The summed E-state index contributed by atoms with van der Waals surface area (Å²) in [6, 6.07) is 16.7. The molecule has 0 aliphatic heterocycles. The first-order valence-electron chi connectivity index (χ1n) is 9.72. The topological polar surface area (TPSA) is 41.6 Å². The lowest BCUT2D eigenvalue weighted by molar-refractivity contribution is 0.442. The fourth-order valence-electron chi connectivity index (χ4n) is 2.91. The molecule has 3 heteroatoms. The van der Waals surface area contributed by atoms with Crippen LogP contribution < -0.4 is 5.84 Å². The van der Waals surface area contributed by atoms with Crippen LogP contribution in [0.2, 0.25) is 0 Å². The van der Waals surface area contributed by atoms with E-state index in [1.54, 1.807) is 0 Å². The van der Waals surface area contributed by atoms with Crippen LogP contribution in [0.15, 0.2) is 77.9 Å². The first-order valence-corrected chi connectivity index (χ1v) is 9.72. The van der Waals surface area contributed by atoms with E-state index in [1.807, 2.05) is 42.5 Å². The third-order valence-electron chi connectivity index (χ3n) is 4.59. The SMILES string of the molecule is CCN(CC)C(=CC=CC=[C+]C(=NN)c1ccc(C)cc1)c1ccc(C)cc1. The van der Waals surface area contributed by atoms with Crippen molar-refractivity contribution in [3.63, 3.8) is 0 Å². The van der Waals surface area contributed by atoms with Gasteiger partial charge < -0.3 is 10.7 Å². The number of rotatable bonds is 8. The quantitative estimate of drug-likeness (QED) is 0.226. The standard InChI is InChI=1S/C25H30N3/c1-5-28(6-2)25(23-18-14-21(4)15-19-23)11-9-7-8-10-24(27-26)22-16-12-20(3)13-17-22/h7-9,11-19H,5-6,26H2,1-4H3/q+1. The number of aryl methyl sites for hydroxylation is 2. The van der Waals surface area contributed by atoms with E-state index in [4.69, 9.17) is 5.84 Å². The lowest BCUT2D eigenvalue weighted by Gasteiger charge is -2.24. The van der Waals surface area contributed by atoms with Crippen LogP contribution in [-0.2, 0) is 0 Å². The molecule has 0 spiro atoms. The fourth-order valence-corrected chi connectivity index (χ4v) is 2.91. The van der Waals surface area contributed by atoms with E-state index in [1.165, 1.54) is 22.4 Å². The Bertz CT molecular complexity index is 850. The molecular formula is C25H30N3+. The van der Waals surface area contributed by atoms with E-state index in [2.05, 4.69) is 74.1 Å². The summed E-state index contributed by atoms with van der Waals surface area (Å²) in [7, 11) is 0. The second-order valence-corrected chi connectivity index (χ2v) is 6.63. The molecule has 0 aromatic heterocycles. The summed E-state index contributed by atoms with van der Waals surface area (Å²) in [4.78, 5) is 2.35. The molecule has 0 fully saturated rings. The van der Waals surface area contributed by atoms with Crippen LogP contribution in [0, 0.1) is 19.9 Å². The lowest BCUT2D eigenvalue weighted by Crippen LogP contribution is -2.21. The van der Waals surface area contributed by atoms with Crippen molar-refractivity contribution in [3.8, 4) is 0 Å². The van der Waals surface area contributed by atoms with Crippen LogP contribution in [0.1, 0.15) is 36.1 Å². The minimum atomic E-state index is 0.635. The number of hydrogen-bond acceptors (Lipinski definition) is 3. The van der Waals surface area contributed by atoms with Crippen molar-refractivity contribution in [1.82, 2.24) is 4.90 Å². The maximum atomic E-state index is 5.53. The van der Waals surface area contributed by atoms with Crippen molar-refractivity contribution >= 4 is 11.4 Å². The summed E-state index contributed by atoms with van der Waals surface area (Å²) in [5, 5.41) is 3.85. The van der Waals surface area contributed by atoms with Crippen molar-refractivity contribution < 1.29 is 0 Å². The monoisotopic (exact) mass is 372 g/mol. The Morgan fingerprint density at radius 3 is 1.93 bits per heavy atom. The second-order valence-electron chi connectivity index (χ2n) is 6.63. The Morgan fingerprint density at radius 2 is 1.43 bits per heavy atom. The highest BCUT2D eigenvalue weighted by Crippen LogP contribution is 2.19. The summed E-state index contributed by atoms with van der Waals surface area (Å²) in [5.74, 6) is 5.53. The fraction of sp³-hybridized carbons (Fsp3) is 0.240. The second kappa shape index (κ2) is 10.9. The van der Waals surface area contributed by atoms with E-state index >= 15 is 0 Å². The molecule has 144 valence electrons. The molecule has 0 aliphatic carbocycles. The smallest absolute Gasteiger partial charge is 0.251 e. The van der Waals surface area contributed by atoms with E-state index in [0.29, 0.717) is 5.71 Å². The Morgan fingerprint density at radius 1 is 0.893 bits per heavy atom. The lowest BCUT2D eigenvalue weighted by atomic mass is 10.1. The number of allylic oxidation sites excluding steroid dienone is 5. The van der Waals surface area contributed by atoms with Crippen molar-refractivity contribution in [2.45, 2.75) is 27.7 Å². The number of benzene rings is 2. The normalized spacial score (nSPS) is 12.6. The van der Waals surface area contributed by atoms with Gasteiger partial charge in [-0.15, -0.1) is 5.10 Å². The minimum absolute atomic E-state index is 0.635. The molecule has 2 rings (SSSR count). The molecule has 2 aromatic rings. The molecule has 0 radical (unpaired) electrons. The Hall–Kier alpha value is -3.16. The van der Waals surface area contributed by atoms with Gasteiger partial charge >= 0.3 is 0 Å². The highest BCUT2D eigenvalue weighted by Gasteiger charge is 2.09. The average Bonchev–Trinajstić information content (AvgIpc) is 2.71. The molecule has 0 heterocycles. The predicted molar refractivity (Wildman–Crippen MR) is 121 cm³/mol. The molecule has 3 nitrogen and oxygen atoms in total. The van der Waals surface area contributed by atoms with Gasteiger partial charge in [-0.25, -0.2) is 0 Å². The van der Waals surface area contributed by atoms with E-state index in [0.717, 1.165) is 18.7 Å². The highest BCUT2D eigenvalue weighted by molar-refractivity contribution is 6.05. The van der Waals surface area contributed by atoms with Gasteiger partial charge in [-0.1, -0.05) is 29.8 Å². The number of hydrogen-bond donors (Lipinski definition) is 1. The zero-order valence-corrected chi connectivity index (χ0v) is 17.3. The summed E-state index contributed by atoms with van der Waals surface area (Å²) in [6.45, 7) is 10.4. The highest BCUT2D eigenvalue weighted by atomic mass is 15.1. The van der Waals surface area contributed by atoms with Gasteiger partial charge in [0, 0.05) is 37.0 Å². The largest absolute Gasteiger partial charge is 0.372 e. The third-order valence-corrected chi connectivity index (χ3v) is 4.59. The van der Waals surface area contributed by atoms with Gasteiger partial charge in [-0.3, -0.25) is 0 Å². The average molecular weight is 373 g/mol. The van der Waals surface area contributed by atoms with Gasteiger partial charge in [-0.2, -0.15) is 0 Å². The van der Waals surface area contributed by atoms with Crippen LogP contribution in [0.3, 0.4) is 0 Å². The van der Waals surface area contributed by atoms with Gasteiger partial charge in [0.25, 0.3) is 5.71 Å². The summed E-state index contributed by atoms with van der Waals surface area (Å²) in [5.41, 5.74) is 6.49. The van der Waals surface area contributed by atoms with Crippen molar-refractivity contribution in [2.75, 3.05) is 13.1 Å². The first kappa shape index (κ1) is 21.1. The zero-order valence-electron chi connectivity index (χ0n) is 17.3. The van der Waals surface area contributed by atoms with Crippen LogP contribution in [0.4, 0.5) is 0 Å². The van der Waals surface area contributed by atoms with Gasteiger partial charge in [0.1, 0.15) is 11.6 Å². The molecule has 28 heavy (non-hydrogen) atoms. The molecule has 2 aromatic carbocycles. The molecule has 0 amide bonds. The van der Waals surface area contributed by atoms with E-state index in [9.17, 15) is 0 Å². The number of hydrazone groups is 1. The van der Waals surface area contributed by atoms with Crippen molar-refractivity contribution in [2.24, 2.45) is 10.9 Å². The predicted octanol–water partition coefficient (Wildman–Crippen LogP) is 5.26. The zero-order chi connectivity index (χ0) is 20.4. The Balaban J connectivity index is 2.18. The Kier molecular flexibility index (Phi) is 8.20. The van der Waals surface area contributed by atoms with Gasteiger partial charge in [0.15, 0.2) is 0 Å². The molecule has 0 saturated carbocycles. The third kappa shape index (κ3) is 5.94. The summed E-state index contributed by atoms with van der Waals surface area (Å²) in [6.07, 6.45) is 11.1. The number of nitrogens with zero attached hydrogens (tertiary/aromatic N) is 2. The maximum absolute atomic E-state index is 5.53. The van der Waals surface area contributed by atoms with Crippen LogP contribution in [0.5, 0.6) is 0 Å².